The minimum Gasteiger partial charge on any atom is -0.396 e. The normalized spacial score (nSPS) is 9.48. The Bertz CT molecular complexity index is 295. The van der Waals surface area contributed by atoms with Crippen molar-refractivity contribution in [3.8, 4) is 0 Å². The number of nitrogens with zero attached hydrogens (tertiary/aromatic N) is 2. The molecule has 11 nitrogen and oxygen atoms in total. The molecule has 6 N–H and O–H groups in total. The molecule has 0 aliphatic heterocycles. The molecule has 2 amide bonds. The van der Waals surface area contributed by atoms with E-state index in [1.165, 1.54) is 0 Å². The predicted molar refractivity (Wildman–Crippen MR) is 96.8 cm³/mol. The molecule has 0 heterocycles. The second kappa shape index (κ2) is 24.7. The zero-order chi connectivity index (χ0) is 21.5. The van der Waals surface area contributed by atoms with E-state index >= 15 is 0 Å². The van der Waals surface area contributed by atoms with Crippen LogP contribution in [0, 0.1) is 0 Å². The Hall–Kier alpha value is -1.34. The first kappa shape index (κ1) is 30.4. The molecule has 164 valence electrons. The summed E-state index contributed by atoms with van der Waals surface area (Å²) in [5.74, 6) is -0.931. The van der Waals surface area contributed by atoms with E-state index in [1.54, 1.807) is 0 Å². The summed E-state index contributed by atoms with van der Waals surface area (Å²) in [6, 6.07) is 0. The molecule has 0 fully saturated rings. The Morgan fingerprint density at radius 2 is 0.963 bits per heavy atom. The van der Waals surface area contributed by atoms with Crippen molar-refractivity contribution in [2.75, 3.05) is 53.4 Å². The van der Waals surface area contributed by atoms with E-state index < -0.39 is 38.7 Å². The van der Waals surface area contributed by atoms with E-state index in [9.17, 15) is 9.59 Å². The van der Waals surface area contributed by atoms with E-state index in [2.05, 4.69) is 13.8 Å². The first-order chi connectivity index (χ1) is 12.9. The largest absolute Gasteiger partial charge is 0.396 e. The molecule has 0 aromatic carbocycles. The topological polar surface area (TPSA) is 171 Å². The van der Waals surface area contributed by atoms with Gasteiger partial charge in [-0.05, 0) is 12.8 Å². The summed E-state index contributed by atoms with van der Waals surface area (Å²) in [7, 11) is 0. The molecule has 0 radical (unpaired) electrons. The average Bonchev–Trinajstić information content (AvgIpc) is 2.66. The van der Waals surface area contributed by atoms with Gasteiger partial charge in [-0.15, -0.1) is 0 Å². The molecule has 0 unspecified atom stereocenters. The fourth-order valence-electron chi connectivity index (χ4n) is 1.30. The highest BCUT2D eigenvalue weighted by atomic mass is 16.5. The van der Waals surface area contributed by atoms with Crippen LogP contribution in [0.3, 0.4) is 0 Å². The van der Waals surface area contributed by atoms with E-state index in [-0.39, 0.29) is 26.1 Å². The van der Waals surface area contributed by atoms with Gasteiger partial charge in [0, 0.05) is 13.2 Å². The first-order valence-electron chi connectivity index (χ1n) is 8.72. The van der Waals surface area contributed by atoms with Gasteiger partial charge >= 0.3 is 0 Å². The maximum Gasteiger partial charge on any atom is 0.228 e. The molecular weight excluding hydrogens is 364 g/mol. The zero-order valence-corrected chi connectivity index (χ0v) is 16.3. The summed E-state index contributed by atoms with van der Waals surface area (Å²) >= 11 is 0. The summed E-state index contributed by atoms with van der Waals surface area (Å²) in [6.45, 7) is 3.48. The van der Waals surface area contributed by atoms with E-state index in [0.29, 0.717) is 0 Å². The van der Waals surface area contributed by atoms with Crippen LogP contribution in [0.4, 0.5) is 0 Å². The van der Waals surface area contributed by atoms with Gasteiger partial charge in [0.2, 0.25) is 11.8 Å². The van der Waals surface area contributed by atoms with Crippen molar-refractivity contribution in [3.63, 3.8) is 0 Å². The number of amides is 2. The fourth-order valence-corrected chi connectivity index (χ4v) is 1.30. The van der Waals surface area contributed by atoms with Gasteiger partial charge < -0.3 is 35.4 Å². The van der Waals surface area contributed by atoms with Crippen LogP contribution in [0.15, 0.2) is 0 Å². The molecular formula is C16H36N2O9. The molecule has 11 heteroatoms. The molecule has 0 aliphatic carbocycles. The maximum atomic E-state index is 10.7. The van der Waals surface area contributed by atoms with Gasteiger partial charge in [-0.1, -0.05) is 13.8 Å². The standard InChI is InChI=1S/C6H14O.2C5H11NO4/c1-3-5-7-6-4-2;2*7-2-1-5(10)6(3-8)4-9/h3-6H2,1-2H3;2*7-9H,1-4H2. The Labute approximate surface area is 160 Å². The minimum absolute atomic E-state index is 0.0683. The maximum absolute atomic E-state index is 10.7. The second-order valence-electron chi connectivity index (χ2n) is 4.99. The number of hydrogen-bond donors (Lipinski definition) is 6. The van der Waals surface area contributed by atoms with Crippen molar-refractivity contribution >= 4 is 11.8 Å². The summed E-state index contributed by atoms with van der Waals surface area (Å²) in [4.78, 5) is 22.9. The van der Waals surface area contributed by atoms with Crippen molar-refractivity contribution in [3.05, 3.63) is 0 Å². The lowest BCUT2D eigenvalue weighted by Gasteiger charge is -2.15. The number of rotatable bonds is 12. The quantitative estimate of drug-likeness (QED) is 0.160. The highest BCUT2D eigenvalue weighted by molar-refractivity contribution is 5.76. The number of aliphatic hydroxyl groups excluding tert-OH is 6. The summed E-state index contributed by atoms with van der Waals surface area (Å²) in [5, 5.41) is 50.1. The lowest BCUT2D eigenvalue weighted by atomic mass is 10.4. The number of aliphatic hydroxyl groups is 6. The fraction of sp³-hybridized carbons (Fsp3) is 0.875. The molecule has 27 heavy (non-hydrogen) atoms. The van der Waals surface area contributed by atoms with Crippen LogP contribution < -0.4 is 0 Å². The van der Waals surface area contributed by atoms with Crippen LogP contribution in [0.5, 0.6) is 0 Å². The van der Waals surface area contributed by atoms with Crippen LogP contribution in [0.1, 0.15) is 39.5 Å². The molecule has 0 rings (SSSR count). The van der Waals surface area contributed by atoms with E-state index in [4.69, 9.17) is 35.4 Å². The van der Waals surface area contributed by atoms with Crippen LogP contribution in [-0.4, -0.2) is 106 Å². The average molecular weight is 400 g/mol. The lowest BCUT2D eigenvalue weighted by Crippen LogP contribution is -2.32. The Morgan fingerprint density at radius 1 is 0.667 bits per heavy atom. The van der Waals surface area contributed by atoms with Crippen molar-refractivity contribution in [2.45, 2.75) is 39.5 Å². The molecule has 0 atom stereocenters. The molecule has 0 saturated heterocycles. The van der Waals surface area contributed by atoms with Gasteiger partial charge in [0.25, 0.3) is 0 Å². The summed E-state index contributed by atoms with van der Waals surface area (Å²) in [6.07, 6.45) is 2.14. The SMILES string of the molecule is CCCOCCC.O=C(CCO)N(CO)CO.O=C(CCO)N(CO)CO. The van der Waals surface area contributed by atoms with Crippen LogP contribution in [-0.2, 0) is 14.3 Å². The zero-order valence-electron chi connectivity index (χ0n) is 16.3. The highest BCUT2D eigenvalue weighted by Crippen LogP contribution is 1.90. The van der Waals surface area contributed by atoms with Crippen molar-refractivity contribution in [2.24, 2.45) is 0 Å². The van der Waals surface area contributed by atoms with Gasteiger partial charge in [0.15, 0.2) is 0 Å². The smallest absolute Gasteiger partial charge is 0.228 e. The first-order valence-corrected chi connectivity index (χ1v) is 8.72. The molecule has 0 aliphatic rings. The van der Waals surface area contributed by atoms with Crippen LogP contribution in [0.25, 0.3) is 0 Å². The third-order valence-corrected chi connectivity index (χ3v) is 2.74. The van der Waals surface area contributed by atoms with Crippen molar-refractivity contribution in [1.29, 1.82) is 0 Å². The summed E-state index contributed by atoms with van der Waals surface area (Å²) in [5.41, 5.74) is 0. The minimum atomic E-state index is -0.519. The van der Waals surface area contributed by atoms with Gasteiger partial charge in [-0.3, -0.25) is 19.4 Å². The van der Waals surface area contributed by atoms with Gasteiger partial charge in [-0.25, -0.2) is 0 Å². The van der Waals surface area contributed by atoms with Gasteiger partial charge in [-0.2, -0.15) is 0 Å². The number of ether oxygens (including phenoxy) is 1. The Kier molecular flexibility index (Phi) is 27.8. The summed E-state index contributed by atoms with van der Waals surface area (Å²) < 4.78 is 5.13. The Balaban J connectivity index is -0.000000326. The number of carbonyl (C=O) groups excluding carboxylic acids is 2. The van der Waals surface area contributed by atoms with Gasteiger partial charge in [0.1, 0.15) is 26.9 Å². The van der Waals surface area contributed by atoms with Crippen molar-refractivity contribution in [1.82, 2.24) is 9.80 Å². The van der Waals surface area contributed by atoms with Crippen LogP contribution >= 0.6 is 0 Å². The Morgan fingerprint density at radius 3 is 1.15 bits per heavy atom. The van der Waals surface area contributed by atoms with Gasteiger partial charge in [0.05, 0.1) is 26.1 Å². The third-order valence-electron chi connectivity index (χ3n) is 2.74. The van der Waals surface area contributed by atoms with Crippen LogP contribution in [0.2, 0.25) is 0 Å². The molecule has 0 spiro atoms. The van der Waals surface area contributed by atoms with E-state index in [1.807, 2.05) is 0 Å². The molecule has 0 aromatic heterocycles. The third kappa shape index (κ3) is 20.8. The predicted octanol–water partition coefficient (Wildman–Crippen LogP) is -1.98. The van der Waals surface area contributed by atoms with E-state index in [0.717, 1.165) is 35.9 Å². The second-order valence-corrected chi connectivity index (χ2v) is 4.99. The molecule has 0 saturated carbocycles. The number of hydrogen-bond acceptors (Lipinski definition) is 9. The molecule has 0 aromatic rings. The van der Waals surface area contributed by atoms with Crippen molar-refractivity contribution < 1.29 is 45.0 Å². The monoisotopic (exact) mass is 400 g/mol. The lowest BCUT2D eigenvalue weighted by molar-refractivity contribution is -0.141. The highest BCUT2D eigenvalue weighted by Gasteiger charge is 2.09. The molecule has 0 bridgehead atoms. The number of carbonyl (C=O) groups is 2.